The van der Waals surface area contributed by atoms with E-state index in [1.54, 1.807) is 6.92 Å². The molecule has 1 amide bonds. The van der Waals surface area contributed by atoms with Gasteiger partial charge in [-0.05, 0) is 19.1 Å². The van der Waals surface area contributed by atoms with Crippen LogP contribution in [0.5, 0.6) is 11.5 Å². The second kappa shape index (κ2) is 5.90. The van der Waals surface area contributed by atoms with Crippen molar-refractivity contribution in [1.29, 1.82) is 0 Å². The van der Waals surface area contributed by atoms with E-state index in [1.165, 1.54) is 21.3 Å². The first-order valence-corrected chi connectivity index (χ1v) is 8.24. The van der Waals surface area contributed by atoms with Crippen molar-refractivity contribution >= 4 is 15.9 Å². The summed E-state index contributed by atoms with van der Waals surface area (Å²) in [4.78, 5) is 13.8. The molecule has 0 unspecified atom stereocenters. The van der Waals surface area contributed by atoms with Crippen LogP contribution in [-0.4, -0.2) is 65.7 Å². The molecule has 21 heavy (non-hydrogen) atoms. The van der Waals surface area contributed by atoms with E-state index in [0.717, 1.165) is 6.07 Å². The number of carbonyl (C=O) groups is 1. The van der Waals surface area contributed by atoms with Crippen molar-refractivity contribution in [3.8, 4) is 11.5 Å². The van der Waals surface area contributed by atoms with Crippen LogP contribution in [0, 0.1) is 0 Å². The van der Waals surface area contributed by atoms with Gasteiger partial charge in [0.1, 0.15) is 11.5 Å². The molecule has 2 rings (SSSR count). The van der Waals surface area contributed by atoms with Crippen LogP contribution in [0.4, 0.5) is 0 Å². The Balaban J connectivity index is 2.07. The maximum Gasteiger partial charge on any atom is 0.254 e. The number of carbonyl (C=O) groups excluding carboxylic acids is 1. The lowest BCUT2D eigenvalue weighted by Gasteiger charge is -2.33. The van der Waals surface area contributed by atoms with Crippen LogP contribution in [0.25, 0.3) is 0 Å². The molecule has 0 saturated carbocycles. The van der Waals surface area contributed by atoms with Crippen LogP contribution < -0.4 is 0 Å². The minimum Gasteiger partial charge on any atom is -0.508 e. The third-order valence-electron chi connectivity index (χ3n) is 3.43. The first-order chi connectivity index (χ1) is 9.83. The summed E-state index contributed by atoms with van der Waals surface area (Å²) in [5.74, 6) is -0.674. The van der Waals surface area contributed by atoms with E-state index in [4.69, 9.17) is 0 Å². The van der Waals surface area contributed by atoms with Gasteiger partial charge < -0.3 is 15.1 Å². The zero-order valence-electron chi connectivity index (χ0n) is 11.7. The highest BCUT2D eigenvalue weighted by atomic mass is 32.2. The van der Waals surface area contributed by atoms with E-state index >= 15 is 0 Å². The number of hydrogen-bond donors (Lipinski definition) is 2. The minimum absolute atomic E-state index is 0.0430. The standard InChI is InChI=1S/C13H18N2O5S/c1-2-21(19,20)15-5-3-14(4-6-15)13(18)10-7-11(16)9-12(17)8-10/h7-9,16-17H,2-6H2,1H3. The van der Waals surface area contributed by atoms with Crippen molar-refractivity contribution in [1.82, 2.24) is 9.21 Å². The fourth-order valence-corrected chi connectivity index (χ4v) is 3.34. The number of rotatable bonds is 3. The van der Waals surface area contributed by atoms with Gasteiger partial charge in [-0.2, -0.15) is 4.31 Å². The predicted octanol–water partition coefficient (Wildman–Crippen LogP) is 0.205. The molecule has 0 radical (unpaired) electrons. The molecule has 1 aromatic rings. The number of phenolic OH excluding ortho intramolecular Hbond substituents is 2. The molecule has 0 aromatic heterocycles. The van der Waals surface area contributed by atoms with E-state index in [9.17, 15) is 23.4 Å². The van der Waals surface area contributed by atoms with Crippen molar-refractivity contribution in [3.63, 3.8) is 0 Å². The number of amides is 1. The Morgan fingerprint density at radius 3 is 2.10 bits per heavy atom. The van der Waals surface area contributed by atoms with E-state index < -0.39 is 10.0 Å². The second-order valence-electron chi connectivity index (χ2n) is 4.83. The zero-order valence-corrected chi connectivity index (χ0v) is 12.5. The Hall–Kier alpha value is -1.80. The predicted molar refractivity (Wildman–Crippen MR) is 76.7 cm³/mol. The average Bonchev–Trinajstić information content (AvgIpc) is 2.45. The van der Waals surface area contributed by atoms with Gasteiger partial charge in [-0.1, -0.05) is 0 Å². The van der Waals surface area contributed by atoms with Gasteiger partial charge in [-0.3, -0.25) is 4.79 Å². The zero-order chi connectivity index (χ0) is 15.6. The minimum atomic E-state index is -3.23. The Bertz CT molecular complexity index is 616. The molecule has 0 atom stereocenters. The maximum absolute atomic E-state index is 12.3. The summed E-state index contributed by atoms with van der Waals surface area (Å²) in [6.45, 7) is 2.67. The first-order valence-electron chi connectivity index (χ1n) is 6.63. The number of aromatic hydroxyl groups is 2. The Morgan fingerprint density at radius 1 is 1.10 bits per heavy atom. The molecule has 116 valence electrons. The first kappa shape index (κ1) is 15.6. The van der Waals surface area contributed by atoms with Gasteiger partial charge in [-0.25, -0.2) is 8.42 Å². The smallest absolute Gasteiger partial charge is 0.254 e. The van der Waals surface area contributed by atoms with E-state index in [1.807, 2.05) is 0 Å². The van der Waals surface area contributed by atoms with Crippen LogP contribution in [0.3, 0.4) is 0 Å². The summed E-state index contributed by atoms with van der Waals surface area (Å²) in [5, 5.41) is 18.8. The van der Waals surface area contributed by atoms with Gasteiger partial charge in [0.05, 0.1) is 5.75 Å². The summed E-state index contributed by atoms with van der Waals surface area (Å²) in [6.07, 6.45) is 0. The SMILES string of the molecule is CCS(=O)(=O)N1CCN(C(=O)c2cc(O)cc(O)c2)CC1. The molecule has 1 aliphatic heterocycles. The van der Waals surface area contributed by atoms with Gasteiger partial charge in [0.2, 0.25) is 10.0 Å². The molecule has 2 N–H and O–H groups in total. The highest BCUT2D eigenvalue weighted by Crippen LogP contribution is 2.22. The second-order valence-corrected chi connectivity index (χ2v) is 7.09. The van der Waals surface area contributed by atoms with Crippen LogP contribution >= 0.6 is 0 Å². The lowest BCUT2D eigenvalue weighted by atomic mass is 10.1. The van der Waals surface area contributed by atoms with Crippen LogP contribution in [0.2, 0.25) is 0 Å². The molecule has 7 nitrogen and oxygen atoms in total. The normalized spacial score (nSPS) is 16.9. The van der Waals surface area contributed by atoms with Gasteiger partial charge in [0.15, 0.2) is 0 Å². The van der Waals surface area contributed by atoms with Crippen molar-refractivity contribution in [2.24, 2.45) is 0 Å². The molecule has 0 spiro atoms. The number of hydrogen-bond acceptors (Lipinski definition) is 5. The molecule has 8 heteroatoms. The van der Waals surface area contributed by atoms with E-state index in [0.29, 0.717) is 0 Å². The van der Waals surface area contributed by atoms with Crippen molar-refractivity contribution in [3.05, 3.63) is 23.8 Å². The molecule has 1 aromatic carbocycles. The molecule has 1 fully saturated rings. The van der Waals surface area contributed by atoms with Crippen LogP contribution in [0.1, 0.15) is 17.3 Å². The molecule has 1 heterocycles. The monoisotopic (exact) mass is 314 g/mol. The molecule has 0 aliphatic carbocycles. The number of benzene rings is 1. The van der Waals surface area contributed by atoms with Crippen molar-refractivity contribution < 1.29 is 23.4 Å². The van der Waals surface area contributed by atoms with Gasteiger partial charge in [0.25, 0.3) is 5.91 Å². The Labute approximate surface area is 123 Å². The Kier molecular flexibility index (Phi) is 4.38. The molecular weight excluding hydrogens is 296 g/mol. The fraction of sp³-hybridized carbons (Fsp3) is 0.462. The summed E-state index contributed by atoms with van der Waals surface area (Å²) in [7, 11) is -3.23. The maximum atomic E-state index is 12.3. The van der Waals surface area contributed by atoms with E-state index in [-0.39, 0.29) is 54.9 Å². The number of piperazine rings is 1. The van der Waals surface area contributed by atoms with Crippen LogP contribution in [-0.2, 0) is 10.0 Å². The average molecular weight is 314 g/mol. The quantitative estimate of drug-likeness (QED) is 0.831. The fourth-order valence-electron chi connectivity index (χ4n) is 2.25. The summed E-state index contributed by atoms with van der Waals surface area (Å²) >= 11 is 0. The van der Waals surface area contributed by atoms with Gasteiger partial charge in [-0.15, -0.1) is 0 Å². The summed E-state index contributed by atoms with van der Waals surface area (Å²) in [6, 6.07) is 3.69. The topological polar surface area (TPSA) is 98.2 Å². The van der Waals surface area contributed by atoms with Gasteiger partial charge in [0, 0.05) is 37.8 Å². The number of phenols is 2. The number of nitrogens with zero attached hydrogens (tertiary/aromatic N) is 2. The highest BCUT2D eigenvalue weighted by molar-refractivity contribution is 7.89. The molecule has 1 saturated heterocycles. The lowest BCUT2D eigenvalue weighted by Crippen LogP contribution is -2.50. The summed E-state index contributed by atoms with van der Waals surface area (Å²) in [5.41, 5.74) is 0.180. The highest BCUT2D eigenvalue weighted by Gasteiger charge is 2.28. The number of sulfonamides is 1. The van der Waals surface area contributed by atoms with E-state index in [2.05, 4.69) is 0 Å². The van der Waals surface area contributed by atoms with Crippen molar-refractivity contribution in [2.75, 3.05) is 31.9 Å². The van der Waals surface area contributed by atoms with Crippen LogP contribution in [0.15, 0.2) is 18.2 Å². The van der Waals surface area contributed by atoms with Crippen molar-refractivity contribution in [2.45, 2.75) is 6.92 Å². The van der Waals surface area contributed by atoms with Gasteiger partial charge >= 0.3 is 0 Å². The molecule has 0 bridgehead atoms. The largest absolute Gasteiger partial charge is 0.508 e. The third kappa shape index (κ3) is 3.45. The third-order valence-corrected chi connectivity index (χ3v) is 5.32. The lowest BCUT2D eigenvalue weighted by molar-refractivity contribution is 0.0697. The molecule has 1 aliphatic rings. The molecular formula is C13H18N2O5S. The Morgan fingerprint density at radius 2 is 1.62 bits per heavy atom. The summed E-state index contributed by atoms with van der Waals surface area (Å²) < 4.78 is 24.9.